The van der Waals surface area contributed by atoms with Crippen molar-refractivity contribution in [1.82, 2.24) is 15.0 Å². The van der Waals surface area contributed by atoms with E-state index in [0.29, 0.717) is 35.7 Å². The highest BCUT2D eigenvalue weighted by Gasteiger charge is 2.37. The molecule has 1 saturated heterocycles. The zero-order valence-corrected chi connectivity index (χ0v) is 27.5. The van der Waals surface area contributed by atoms with Gasteiger partial charge in [-0.2, -0.15) is 0 Å². The van der Waals surface area contributed by atoms with Crippen LogP contribution in [-0.2, 0) is 16.0 Å². The van der Waals surface area contributed by atoms with Gasteiger partial charge in [0.05, 0.1) is 23.6 Å². The van der Waals surface area contributed by atoms with E-state index >= 15 is 0 Å². The Kier molecular flexibility index (Phi) is 9.72. The Morgan fingerprint density at radius 1 is 1.00 bits per heavy atom. The average molecular weight is 627 g/mol. The number of ether oxygens (including phenoxy) is 2. The molecule has 2 aromatic heterocycles. The van der Waals surface area contributed by atoms with E-state index < -0.39 is 17.7 Å². The number of carboxylic acids is 1. The van der Waals surface area contributed by atoms with Gasteiger partial charge in [0.2, 0.25) is 0 Å². The number of aryl methyl sites for hydroxylation is 1. The van der Waals surface area contributed by atoms with Crippen LogP contribution < -0.4 is 9.64 Å². The Morgan fingerprint density at radius 3 is 2.22 bits per heavy atom. The molecule has 5 rings (SSSR count). The Bertz CT molecular complexity index is 1640. The van der Waals surface area contributed by atoms with Gasteiger partial charge in [0.25, 0.3) is 0 Å². The van der Waals surface area contributed by atoms with E-state index in [0.717, 1.165) is 53.9 Å². The molecule has 1 N–H and O–H groups in total. The zero-order valence-electron chi connectivity index (χ0n) is 27.5. The van der Waals surface area contributed by atoms with E-state index in [-0.39, 0.29) is 11.2 Å². The molecule has 0 saturated carbocycles. The van der Waals surface area contributed by atoms with Gasteiger partial charge in [0, 0.05) is 54.3 Å². The van der Waals surface area contributed by atoms with Gasteiger partial charge < -0.3 is 19.5 Å². The number of rotatable bonds is 10. The normalized spacial score (nSPS) is 15.4. The van der Waals surface area contributed by atoms with Crippen LogP contribution in [0.25, 0.3) is 22.4 Å². The van der Waals surface area contributed by atoms with Crippen LogP contribution in [0.5, 0.6) is 5.75 Å². The van der Waals surface area contributed by atoms with E-state index in [1.165, 1.54) is 18.5 Å². The fourth-order valence-electron chi connectivity index (χ4n) is 5.83. The Balaban J connectivity index is 1.63. The summed E-state index contributed by atoms with van der Waals surface area (Å²) in [5.74, 6) is -0.635. The van der Waals surface area contributed by atoms with E-state index in [4.69, 9.17) is 14.5 Å². The molecule has 8 nitrogen and oxygen atoms in total. The number of carboxylic acid groups (broad SMARTS) is 1. The molecule has 1 fully saturated rings. The second-order valence-electron chi connectivity index (χ2n) is 13.7. The van der Waals surface area contributed by atoms with Crippen molar-refractivity contribution in [1.29, 1.82) is 0 Å². The van der Waals surface area contributed by atoms with Gasteiger partial charge in [-0.05, 0) is 81.3 Å². The molecule has 242 valence electrons. The largest absolute Gasteiger partial charge is 0.493 e. The number of benzene rings is 2. The van der Waals surface area contributed by atoms with Crippen LogP contribution in [-0.4, -0.2) is 51.3 Å². The van der Waals surface area contributed by atoms with Crippen molar-refractivity contribution >= 4 is 11.7 Å². The summed E-state index contributed by atoms with van der Waals surface area (Å²) in [6.45, 7) is 13.9. The van der Waals surface area contributed by atoms with Crippen molar-refractivity contribution in [3.8, 4) is 28.1 Å². The molecular weight excluding hydrogens is 583 g/mol. The van der Waals surface area contributed by atoms with Gasteiger partial charge in [-0.1, -0.05) is 38.1 Å². The van der Waals surface area contributed by atoms with Crippen LogP contribution in [0.15, 0.2) is 67.3 Å². The first-order chi connectivity index (χ1) is 21.8. The molecule has 9 heteroatoms. The summed E-state index contributed by atoms with van der Waals surface area (Å²) in [6.07, 6.45) is 6.26. The zero-order chi connectivity index (χ0) is 33.1. The third-order valence-corrected chi connectivity index (χ3v) is 8.34. The molecule has 1 aliphatic rings. The maximum atomic E-state index is 13.3. The minimum absolute atomic E-state index is 0.177. The minimum Gasteiger partial charge on any atom is -0.493 e. The lowest BCUT2D eigenvalue weighted by atomic mass is 9.81. The van der Waals surface area contributed by atoms with Crippen LogP contribution in [0.4, 0.5) is 10.1 Å². The number of hydrogen-bond donors (Lipinski definition) is 1. The Hall–Kier alpha value is -4.37. The lowest BCUT2D eigenvalue weighted by Crippen LogP contribution is -2.39. The first-order valence-corrected chi connectivity index (χ1v) is 15.7. The van der Waals surface area contributed by atoms with E-state index in [1.807, 2.05) is 52.0 Å². The predicted molar refractivity (Wildman–Crippen MR) is 177 cm³/mol. The molecule has 1 aliphatic heterocycles. The number of pyridine rings is 1. The third kappa shape index (κ3) is 7.88. The number of aromatic nitrogens is 3. The van der Waals surface area contributed by atoms with Crippen LogP contribution in [0.3, 0.4) is 0 Å². The first kappa shape index (κ1) is 33.0. The quantitative estimate of drug-likeness (QED) is 0.190. The number of aliphatic carboxylic acids is 1. The smallest absolute Gasteiger partial charge is 0.337 e. The highest BCUT2D eigenvalue weighted by molar-refractivity contribution is 5.94. The summed E-state index contributed by atoms with van der Waals surface area (Å²) in [5.41, 5.74) is 5.47. The van der Waals surface area contributed by atoms with Crippen LogP contribution in [0.2, 0.25) is 0 Å². The number of anilines is 1. The highest BCUT2D eigenvalue weighted by atomic mass is 19.1. The van der Waals surface area contributed by atoms with Gasteiger partial charge in [-0.3, -0.25) is 4.98 Å². The van der Waals surface area contributed by atoms with E-state index in [1.54, 1.807) is 24.5 Å². The maximum absolute atomic E-state index is 13.3. The number of carbonyl (C=O) groups is 1. The molecule has 0 radical (unpaired) electrons. The molecule has 0 unspecified atom stereocenters. The fraction of sp³-hybridized carbons (Fsp3) is 0.405. The summed E-state index contributed by atoms with van der Waals surface area (Å²) in [6, 6.07) is 14.2. The number of halogens is 1. The topological polar surface area (TPSA) is 97.7 Å². The Labute approximate surface area is 270 Å². The van der Waals surface area contributed by atoms with Gasteiger partial charge in [0.1, 0.15) is 17.9 Å². The molecule has 2 aromatic carbocycles. The van der Waals surface area contributed by atoms with Gasteiger partial charge in [-0.25, -0.2) is 19.2 Å². The summed E-state index contributed by atoms with van der Waals surface area (Å²) < 4.78 is 25.6. The molecule has 3 heterocycles. The van der Waals surface area contributed by atoms with Crippen LogP contribution in [0, 0.1) is 18.2 Å². The molecular formula is C37H43FN4O4. The third-order valence-electron chi connectivity index (χ3n) is 8.34. The molecule has 0 spiro atoms. The molecule has 46 heavy (non-hydrogen) atoms. The van der Waals surface area contributed by atoms with Gasteiger partial charge in [-0.15, -0.1) is 0 Å². The van der Waals surface area contributed by atoms with Crippen LogP contribution in [0.1, 0.15) is 70.4 Å². The lowest BCUT2D eigenvalue weighted by molar-refractivity contribution is -0.160. The predicted octanol–water partition coefficient (Wildman–Crippen LogP) is 7.84. The van der Waals surface area contributed by atoms with E-state index in [9.17, 15) is 14.3 Å². The molecule has 4 aromatic rings. The standard InChI is InChI=1S/C37H43FN4O4/c1-24-30(34(35(43)44)46-36(2,3)4)33(42-18-16-37(5,6)17-19-42)31(32(41-24)27-21-39-23-40-22-27)26-9-13-29(14-10-26)45-20-15-25-7-11-28(38)12-8-25/h7-14,21-23,34H,15-20H2,1-6H3,(H,43,44)/t34-/m0/s1. The maximum Gasteiger partial charge on any atom is 0.337 e. The molecule has 1 atom stereocenters. The van der Waals surface area contributed by atoms with Crippen molar-refractivity contribution in [2.45, 2.75) is 72.5 Å². The van der Waals surface area contributed by atoms with Gasteiger partial charge >= 0.3 is 5.97 Å². The highest BCUT2D eigenvalue weighted by Crippen LogP contribution is 2.47. The van der Waals surface area contributed by atoms with Crippen molar-refractivity contribution in [2.75, 3.05) is 24.6 Å². The second kappa shape index (κ2) is 13.5. The lowest BCUT2D eigenvalue weighted by Gasteiger charge is -2.41. The molecule has 0 aliphatic carbocycles. The summed E-state index contributed by atoms with van der Waals surface area (Å²) in [7, 11) is 0. The monoisotopic (exact) mass is 626 g/mol. The summed E-state index contributed by atoms with van der Waals surface area (Å²) in [4.78, 5) is 28.8. The summed E-state index contributed by atoms with van der Waals surface area (Å²) in [5, 5.41) is 10.6. The van der Waals surface area contributed by atoms with Crippen molar-refractivity contribution in [3.63, 3.8) is 0 Å². The Morgan fingerprint density at radius 2 is 1.63 bits per heavy atom. The van der Waals surface area contributed by atoms with Crippen LogP contribution >= 0.6 is 0 Å². The average Bonchev–Trinajstić information content (AvgIpc) is 3.01. The second-order valence-corrected chi connectivity index (χ2v) is 13.7. The fourth-order valence-corrected chi connectivity index (χ4v) is 5.83. The molecule has 0 bridgehead atoms. The van der Waals surface area contributed by atoms with Crippen molar-refractivity contribution < 1.29 is 23.8 Å². The summed E-state index contributed by atoms with van der Waals surface area (Å²) >= 11 is 0. The SMILES string of the molecule is Cc1nc(-c2cncnc2)c(-c2ccc(OCCc3ccc(F)cc3)cc2)c(N2CCC(C)(C)CC2)c1[C@H](OC(C)(C)C)C(=O)O. The van der Waals surface area contributed by atoms with E-state index in [2.05, 4.69) is 28.7 Å². The number of piperidine rings is 1. The van der Waals surface area contributed by atoms with Gasteiger partial charge in [0.15, 0.2) is 6.10 Å². The number of nitrogens with zero attached hydrogens (tertiary/aromatic N) is 4. The van der Waals surface area contributed by atoms with Crippen molar-refractivity contribution in [3.05, 3.63) is 89.9 Å². The molecule has 0 amide bonds. The van der Waals surface area contributed by atoms with Crippen molar-refractivity contribution in [2.24, 2.45) is 5.41 Å². The minimum atomic E-state index is -1.23. The number of hydrogen-bond acceptors (Lipinski definition) is 7. The first-order valence-electron chi connectivity index (χ1n) is 15.7.